The van der Waals surface area contributed by atoms with Gasteiger partial charge in [-0.05, 0) is 20.9 Å². The number of amides is 1. The van der Waals surface area contributed by atoms with Gasteiger partial charge in [0.25, 0.3) is 0 Å². The molecule has 0 radical (unpaired) electrons. The molecule has 7 nitrogen and oxygen atoms in total. The minimum atomic E-state index is -0.214. The van der Waals surface area contributed by atoms with Crippen molar-refractivity contribution in [3.05, 3.63) is 11.3 Å². The van der Waals surface area contributed by atoms with Gasteiger partial charge in [-0.15, -0.1) is 0 Å². The first-order chi connectivity index (χ1) is 10.1. The van der Waals surface area contributed by atoms with Crippen molar-refractivity contribution >= 4 is 11.9 Å². The van der Waals surface area contributed by atoms with Crippen LogP contribution in [-0.4, -0.2) is 60.6 Å². The third kappa shape index (κ3) is 3.29. The van der Waals surface area contributed by atoms with Gasteiger partial charge in [0.05, 0.1) is 12.3 Å². The number of hydrogen-bond donors (Lipinski definition) is 1. The first-order valence-corrected chi connectivity index (χ1v) is 7.42. The first kappa shape index (κ1) is 15.6. The maximum absolute atomic E-state index is 11.7. The second-order valence-corrected chi connectivity index (χ2v) is 5.21. The molecule has 2 rings (SSSR count). The van der Waals surface area contributed by atoms with Crippen molar-refractivity contribution < 1.29 is 9.53 Å². The van der Waals surface area contributed by atoms with E-state index in [1.807, 2.05) is 32.6 Å². The fourth-order valence-electron chi connectivity index (χ4n) is 2.78. The van der Waals surface area contributed by atoms with Crippen molar-refractivity contribution in [2.75, 3.05) is 44.7 Å². The molecule has 0 aromatic carbocycles. The van der Waals surface area contributed by atoms with Gasteiger partial charge in [-0.2, -0.15) is 5.10 Å². The number of aryl methyl sites for hydroxylation is 2. The average molecular weight is 295 g/mol. The largest absolute Gasteiger partial charge is 0.450 e. The zero-order chi connectivity index (χ0) is 15.4. The number of nitrogens with zero attached hydrogens (tertiary/aromatic N) is 4. The summed E-state index contributed by atoms with van der Waals surface area (Å²) in [6, 6.07) is 0. The molecule has 1 aliphatic heterocycles. The molecule has 0 bridgehead atoms. The third-order valence-electron chi connectivity index (χ3n) is 3.77. The van der Waals surface area contributed by atoms with Crippen LogP contribution in [0.5, 0.6) is 0 Å². The highest BCUT2D eigenvalue weighted by Gasteiger charge is 2.26. The number of anilines is 1. The Kier molecular flexibility index (Phi) is 5.06. The highest BCUT2D eigenvalue weighted by Crippen LogP contribution is 2.24. The quantitative estimate of drug-likeness (QED) is 0.887. The van der Waals surface area contributed by atoms with Gasteiger partial charge < -0.3 is 19.9 Å². The van der Waals surface area contributed by atoms with Crippen LogP contribution in [0.3, 0.4) is 0 Å². The summed E-state index contributed by atoms with van der Waals surface area (Å²) < 4.78 is 6.99. The van der Waals surface area contributed by atoms with Gasteiger partial charge in [0.2, 0.25) is 0 Å². The molecular formula is C14H25N5O2. The minimum absolute atomic E-state index is 0.214. The Bertz CT molecular complexity index is 492. The summed E-state index contributed by atoms with van der Waals surface area (Å²) in [4.78, 5) is 15.8. The van der Waals surface area contributed by atoms with Gasteiger partial charge in [0.15, 0.2) is 0 Å². The van der Waals surface area contributed by atoms with Crippen LogP contribution >= 0.6 is 0 Å². The van der Waals surface area contributed by atoms with Crippen LogP contribution < -0.4 is 10.2 Å². The SMILES string of the molecule is CCOC(=O)N1CCN(c2c(CNC)c(C)nn2C)CC1. The number of piperazine rings is 1. The van der Waals surface area contributed by atoms with Crippen LogP contribution in [0.4, 0.5) is 10.6 Å². The van der Waals surface area contributed by atoms with E-state index >= 15 is 0 Å². The van der Waals surface area contributed by atoms with Gasteiger partial charge in [-0.1, -0.05) is 0 Å². The van der Waals surface area contributed by atoms with E-state index in [0.717, 1.165) is 31.1 Å². The van der Waals surface area contributed by atoms with Crippen molar-refractivity contribution in [3.63, 3.8) is 0 Å². The number of carbonyl (C=O) groups excluding carboxylic acids is 1. The Hall–Kier alpha value is -1.76. The number of aromatic nitrogens is 2. The lowest BCUT2D eigenvalue weighted by Gasteiger charge is -2.35. The predicted molar refractivity (Wildman–Crippen MR) is 81.5 cm³/mol. The lowest BCUT2D eigenvalue weighted by molar-refractivity contribution is 0.105. The zero-order valence-corrected chi connectivity index (χ0v) is 13.3. The van der Waals surface area contributed by atoms with Gasteiger partial charge in [-0.25, -0.2) is 4.79 Å². The van der Waals surface area contributed by atoms with Gasteiger partial charge in [0.1, 0.15) is 5.82 Å². The summed E-state index contributed by atoms with van der Waals surface area (Å²) in [6.07, 6.45) is -0.214. The van der Waals surface area contributed by atoms with Crippen molar-refractivity contribution in [2.24, 2.45) is 7.05 Å². The molecule has 1 N–H and O–H groups in total. The molecule has 0 atom stereocenters. The van der Waals surface area contributed by atoms with E-state index in [4.69, 9.17) is 4.74 Å². The summed E-state index contributed by atoms with van der Waals surface area (Å²) in [5.41, 5.74) is 2.28. The predicted octanol–water partition coefficient (Wildman–Crippen LogP) is 0.726. The fraction of sp³-hybridized carbons (Fsp3) is 0.714. The number of carbonyl (C=O) groups is 1. The lowest BCUT2D eigenvalue weighted by Crippen LogP contribution is -2.49. The summed E-state index contributed by atoms with van der Waals surface area (Å²) >= 11 is 0. The highest BCUT2D eigenvalue weighted by molar-refractivity contribution is 5.68. The Morgan fingerprint density at radius 3 is 2.57 bits per heavy atom. The second kappa shape index (κ2) is 6.80. The van der Waals surface area contributed by atoms with E-state index in [1.54, 1.807) is 4.90 Å². The number of ether oxygens (including phenoxy) is 1. The van der Waals surface area contributed by atoms with E-state index in [0.29, 0.717) is 19.7 Å². The normalized spacial score (nSPS) is 15.4. The van der Waals surface area contributed by atoms with Crippen LogP contribution in [0.15, 0.2) is 0 Å². The molecule has 118 valence electrons. The van der Waals surface area contributed by atoms with Crippen LogP contribution in [0.1, 0.15) is 18.2 Å². The van der Waals surface area contributed by atoms with Gasteiger partial charge in [-0.3, -0.25) is 4.68 Å². The minimum Gasteiger partial charge on any atom is -0.450 e. The van der Waals surface area contributed by atoms with Crippen molar-refractivity contribution in [1.29, 1.82) is 0 Å². The monoisotopic (exact) mass is 295 g/mol. The van der Waals surface area contributed by atoms with E-state index in [-0.39, 0.29) is 6.09 Å². The van der Waals surface area contributed by atoms with Crippen molar-refractivity contribution in [1.82, 2.24) is 20.0 Å². The van der Waals surface area contributed by atoms with E-state index in [9.17, 15) is 4.79 Å². The Morgan fingerprint density at radius 2 is 2.00 bits per heavy atom. The number of hydrogen-bond acceptors (Lipinski definition) is 5. The number of rotatable bonds is 4. The molecule has 1 fully saturated rings. The van der Waals surface area contributed by atoms with E-state index in [2.05, 4.69) is 15.3 Å². The molecule has 0 unspecified atom stereocenters. The molecular weight excluding hydrogens is 270 g/mol. The number of nitrogens with one attached hydrogen (secondary N) is 1. The Labute approximate surface area is 125 Å². The third-order valence-corrected chi connectivity index (χ3v) is 3.77. The van der Waals surface area contributed by atoms with E-state index in [1.165, 1.54) is 5.56 Å². The topological polar surface area (TPSA) is 62.6 Å². The molecule has 2 heterocycles. The summed E-state index contributed by atoms with van der Waals surface area (Å²) in [6.45, 7) is 8.05. The Morgan fingerprint density at radius 1 is 1.33 bits per heavy atom. The summed E-state index contributed by atoms with van der Waals surface area (Å²) in [7, 11) is 3.91. The van der Waals surface area contributed by atoms with Crippen molar-refractivity contribution in [3.8, 4) is 0 Å². The van der Waals surface area contributed by atoms with E-state index < -0.39 is 0 Å². The van der Waals surface area contributed by atoms with Gasteiger partial charge >= 0.3 is 6.09 Å². The van der Waals surface area contributed by atoms with Crippen LogP contribution in [-0.2, 0) is 18.3 Å². The molecule has 1 aromatic rings. The Balaban J connectivity index is 2.07. The van der Waals surface area contributed by atoms with Crippen LogP contribution in [0.25, 0.3) is 0 Å². The van der Waals surface area contributed by atoms with Crippen molar-refractivity contribution in [2.45, 2.75) is 20.4 Å². The van der Waals surface area contributed by atoms with Crippen LogP contribution in [0, 0.1) is 6.92 Å². The molecule has 1 aromatic heterocycles. The first-order valence-electron chi connectivity index (χ1n) is 7.42. The molecule has 0 saturated carbocycles. The fourth-order valence-corrected chi connectivity index (χ4v) is 2.78. The molecule has 1 amide bonds. The highest BCUT2D eigenvalue weighted by atomic mass is 16.6. The average Bonchev–Trinajstić information content (AvgIpc) is 2.74. The van der Waals surface area contributed by atoms with Gasteiger partial charge in [0, 0.05) is 45.3 Å². The second-order valence-electron chi connectivity index (χ2n) is 5.21. The smallest absolute Gasteiger partial charge is 0.409 e. The molecule has 0 aliphatic carbocycles. The summed E-state index contributed by atoms with van der Waals surface area (Å²) in [5.74, 6) is 1.14. The molecule has 1 aliphatic rings. The molecule has 1 saturated heterocycles. The summed E-state index contributed by atoms with van der Waals surface area (Å²) in [5, 5.41) is 7.72. The molecule has 7 heteroatoms. The lowest BCUT2D eigenvalue weighted by atomic mass is 10.2. The maximum atomic E-state index is 11.7. The van der Waals surface area contributed by atoms with Crippen LogP contribution in [0.2, 0.25) is 0 Å². The maximum Gasteiger partial charge on any atom is 0.409 e. The molecule has 21 heavy (non-hydrogen) atoms. The standard InChI is InChI=1S/C14H25N5O2/c1-5-21-14(20)19-8-6-18(7-9-19)13-12(10-15-3)11(2)16-17(13)4/h15H,5-10H2,1-4H3. The molecule has 0 spiro atoms. The zero-order valence-electron chi connectivity index (χ0n) is 13.3.